The summed E-state index contributed by atoms with van der Waals surface area (Å²) in [6.45, 7) is 0.551. The average molecular weight is 371 g/mol. The van der Waals surface area contributed by atoms with E-state index in [1.54, 1.807) is 26.5 Å². The Morgan fingerprint density at radius 1 is 1.00 bits per heavy atom. The van der Waals surface area contributed by atoms with Gasteiger partial charge in [-0.3, -0.25) is 0 Å². The molecule has 7 heteroatoms. The van der Waals surface area contributed by atoms with Crippen molar-refractivity contribution in [2.24, 2.45) is 0 Å². The van der Waals surface area contributed by atoms with Gasteiger partial charge in [0.1, 0.15) is 5.82 Å². The second-order valence-corrected chi connectivity index (χ2v) is 5.82. The van der Waals surface area contributed by atoms with Crippen LogP contribution in [0.3, 0.4) is 0 Å². The van der Waals surface area contributed by atoms with Crippen LogP contribution in [0, 0.1) is 0 Å². The second-order valence-electron chi connectivity index (χ2n) is 5.41. The van der Waals surface area contributed by atoms with Crippen LogP contribution in [0.5, 0.6) is 11.5 Å². The van der Waals surface area contributed by atoms with Gasteiger partial charge in [-0.2, -0.15) is 4.98 Å². The first-order valence-corrected chi connectivity index (χ1v) is 8.37. The highest BCUT2D eigenvalue weighted by Crippen LogP contribution is 2.28. The minimum atomic E-state index is 0.511. The van der Waals surface area contributed by atoms with Crippen molar-refractivity contribution in [3.05, 3.63) is 65.3 Å². The summed E-state index contributed by atoms with van der Waals surface area (Å²) in [6.07, 6.45) is 1.68. The number of anilines is 3. The Morgan fingerprint density at radius 2 is 1.81 bits per heavy atom. The van der Waals surface area contributed by atoms with E-state index < -0.39 is 0 Å². The van der Waals surface area contributed by atoms with Crippen molar-refractivity contribution < 1.29 is 9.47 Å². The molecule has 0 spiro atoms. The number of nitrogens with zero attached hydrogens (tertiary/aromatic N) is 2. The molecule has 1 heterocycles. The van der Waals surface area contributed by atoms with Gasteiger partial charge in [0.2, 0.25) is 5.95 Å². The molecule has 0 aliphatic carbocycles. The first kappa shape index (κ1) is 17.8. The minimum Gasteiger partial charge on any atom is -0.493 e. The van der Waals surface area contributed by atoms with Crippen molar-refractivity contribution >= 4 is 29.1 Å². The van der Waals surface area contributed by atoms with Crippen molar-refractivity contribution in [2.45, 2.75) is 6.54 Å². The van der Waals surface area contributed by atoms with Crippen LogP contribution in [-0.4, -0.2) is 24.2 Å². The van der Waals surface area contributed by atoms with Crippen LogP contribution in [-0.2, 0) is 6.54 Å². The SMILES string of the molecule is COc1ccc(CNc2nccc(Nc3ccccc3Cl)n2)cc1OC. The van der Waals surface area contributed by atoms with E-state index in [-0.39, 0.29) is 0 Å². The van der Waals surface area contributed by atoms with Gasteiger partial charge in [0.05, 0.1) is 24.9 Å². The molecule has 0 amide bonds. The van der Waals surface area contributed by atoms with Gasteiger partial charge in [-0.25, -0.2) is 4.98 Å². The van der Waals surface area contributed by atoms with Crippen molar-refractivity contribution in [3.8, 4) is 11.5 Å². The van der Waals surface area contributed by atoms with E-state index in [1.165, 1.54) is 0 Å². The molecule has 134 valence electrons. The lowest BCUT2D eigenvalue weighted by Crippen LogP contribution is -2.05. The zero-order valence-electron chi connectivity index (χ0n) is 14.5. The maximum Gasteiger partial charge on any atom is 0.224 e. The monoisotopic (exact) mass is 370 g/mol. The fraction of sp³-hybridized carbons (Fsp3) is 0.158. The van der Waals surface area contributed by atoms with Crippen molar-refractivity contribution in [1.29, 1.82) is 0 Å². The molecule has 0 radical (unpaired) electrons. The summed E-state index contributed by atoms with van der Waals surface area (Å²) in [4.78, 5) is 8.70. The molecule has 6 nitrogen and oxygen atoms in total. The zero-order chi connectivity index (χ0) is 18.4. The van der Waals surface area contributed by atoms with E-state index >= 15 is 0 Å². The molecule has 0 saturated carbocycles. The number of para-hydroxylation sites is 1. The van der Waals surface area contributed by atoms with Gasteiger partial charge >= 0.3 is 0 Å². The highest BCUT2D eigenvalue weighted by Gasteiger charge is 2.06. The average Bonchev–Trinajstić information content (AvgIpc) is 2.68. The van der Waals surface area contributed by atoms with Crippen LogP contribution in [0.15, 0.2) is 54.7 Å². The standard InChI is InChI=1S/C19H19ClN4O2/c1-25-16-8-7-13(11-17(16)26-2)12-22-19-21-10-9-18(24-19)23-15-6-4-3-5-14(15)20/h3-11H,12H2,1-2H3,(H2,21,22,23,24). The van der Waals surface area contributed by atoms with E-state index in [0.717, 1.165) is 11.3 Å². The van der Waals surface area contributed by atoms with Crippen molar-refractivity contribution in [3.63, 3.8) is 0 Å². The van der Waals surface area contributed by atoms with Crippen LogP contribution in [0.4, 0.5) is 17.5 Å². The third-order valence-corrected chi connectivity index (χ3v) is 4.02. The molecule has 0 atom stereocenters. The van der Waals surface area contributed by atoms with Gasteiger partial charge in [-0.1, -0.05) is 29.8 Å². The number of hydrogen-bond donors (Lipinski definition) is 2. The van der Waals surface area contributed by atoms with Crippen LogP contribution in [0.25, 0.3) is 0 Å². The Hall–Kier alpha value is -2.99. The smallest absolute Gasteiger partial charge is 0.224 e. The highest BCUT2D eigenvalue weighted by molar-refractivity contribution is 6.33. The molecule has 2 N–H and O–H groups in total. The number of methoxy groups -OCH3 is 2. The molecule has 2 aromatic carbocycles. The van der Waals surface area contributed by atoms with Gasteiger partial charge in [0, 0.05) is 12.7 Å². The summed E-state index contributed by atoms with van der Waals surface area (Å²) in [7, 11) is 3.23. The summed E-state index contributed by atoms with van der Waals surface area (Å²) in [5, 5.41) is 7.01. The molecule has 26 heavy (non-hydrogen) atoms. The van der Waals surface area contributed by atoms with Gasteiger partial charge in [0.25, 0.3) is 0 Å². The largest absolute Gasteiger partial charge is 0.493 e. The summed E-state index contributed by atoms with van der Waals surface area (Å²) in [5.41, 5.74) is 1.81. The van der Waals surface area contributed by atoms with Gasteiger partial charge in [0.15, 0.2) is 11.5 Å². The minimum absolute atomic E-state index is 0.511. The number of ether oxygens (including phenoxy) is 2. The van der Waals surface area contributed by atoms with Crippen LogP contribution in [0.1, 0.15) is 5.56 Å². The third kappa shape index (κ3) is 4.34. The number of halogens is 1. The first-order chi connectivity index (χ1) is 12.7. The van der Waals surface area contributed by atoms with Crippen LogP contribution in [0.2, 0.25) is 5.02 Å². The Balaban J connectivity index is 1.68. The highest BCUT2D eigenvalue weighted by atomic mass is 35.5. The lowest BCUT2D eigenvalue weighted by atomic mass is 10.2. The molecule has 0 unspecified atom stereocenters. The maximum absolute atomic E-state index is 6.16. The first-order valence-electron chi connectivity index (χ1n) is 7.99. The van der Waals surface area contributed by atoms with Gasteiger partial charge in [-0.05, 0) is 35.9 Å². The summed E-state index contributed by atoms with van der Waals surface area (Å²) in [6, 6.07) is 15.0. The molecular formula is C19H19ClN4O2. The molecule has 0 saturated heterocycles. The number of hydrogen-bond acceptors (Lipinski definition) is 6. The third-order valence-electron chi connectivity index (χ3n) is 3.69. The van der Waals surface area contributed by atoms with E-state index in [4.69, 9.17) is 21.1 Å². The second kappa shape index (κ2) is 8.40. The summed E-state index contributed by atoms with van der Waals surface area (Å²) in [5.74, 6) is 2.54. The molecule has 1 aromatic heterocycles. The summed E-state index contributed by atoms with van der Waals surface area (Å²) < 4.78 is 10.6. The Kier molecular flexibility index (Phi) is 5.76. The number of benzene rings is 2. The predicted octanol–water partition coefficient (Wildman–Crippen LogP) is 4.50. The van der Waals surface area contributed by atoms with Crippen molar-refractivity contribution in [1.82, 2.24) is 9.97 Å². The number of rotatable bonds is 7. The number of aromatic nitrogens is 2. The van der Waals surface area contributed by atoms with Gasteiger partial charge in [-0.15, -0.1) is 0 Å². The Morgan fingerprint density at radius 3 is 2.58 bits per heavy atom. The quantitative estimate of drug-likeness (QED) is 0.638. The fourth-order valence-electron chi connectivity index (χ4n) is 2.39. The zero-order valence-corrected chi connectivity index (χ0v) is 15.2. The fourth-order valence-corrected chi connectivity index (χ4v) is 2.57. The normalized spacial score (nSPS) is 10.3. The van der Waals surface area contributed by atoms with E-state index in [1.807, 2.05) is 42.5 Å². The molecule has 0 aliphatic heterocycles. The van der Waals surface area contributed by atoms with Crippen molar-refractivity contribution in [2.75, 3.05) is 24.9 Å². The Labute approximate surface area is 157 Å². The Bertz CT molecular complexity index is 889. The lowest BCUT2D eigenvalue weighted by Gasteiger charge is -2.11. The van der Waals surface area contributed by atoms with E-state index in [2.05, 4.69) is 20.6 Å². The van der Waals surface area contributed by atoms with Gasteiger partial charge < -0.3 is 20.1 Å². The molecule has 0 fully saturated rings. The lowest BCUT2D eigenvalue weighted by molar-refractivity contribution is 0.354. The van der Waals surface area contributed by atoms with Crippen LogP contribution < -0.4 is 20.1 Å². The summed E-state index contributed by atoms with van der Waals surface area (Å²) >= 11 is 6.16. The van der Waals surface area contributed by atoms with E-state index in [9.17, 15) is 0 Å². The molecule has 3 aromatic rings. The molecule has 0 bridgehead atoms. The molecule has 0 aliphatic rings. The van der Waals surface area contributed by atoms with E-state index in [0.29, 0.717) is 34.8 Å². The molecular weight excluding hydrogens is 352 g/mol. The molecule has 3 rings (SSSR count). The topological polar surface area (TPSA) is 68.3 Å². The maximum atomic E-state index is 6.16. The number of nitrogens with one attached hydrogen (secondary N) is 2. The van der Waals surface area contributed by atoms with Crippen LogP contribution >= 0.6 is 11.6 Å². The predicted molar refractivity (Wildman–Crippen MR) is 104 cm³/mol.